The highest BCUT2D eigenvalue weighted by Crippen LogP contribution is 2.31. The summed E-state index contributed by atoms with van der Waals surface area (Å²) in [5.41, 5.74) is 1.57. The minimum absolute atomic E-state index is 0.0319. The molecule has 1 amide bonds. The minimum atomic E-state index is -4.35. The van der Waals surface area contributed by atoms with Gasteiger partial charge < -0.3 is 14.8 Å². The Hall–Kier alpha value is -2.54. The number of alkyl carbamates (subject to hydrolysis) is 1. The molecular weight excluding hydrogens is 359 g/mol. The van der Waals surface area contributed by atoms with E-state index in [0.717, 1.165) is 23.3 Å². The van der Waals surface area contributed by atoms with Crippen LogP contribution >= 0.6 is 0 Å². The van der Waals surface area contributed by atoms with Crippen LogP contribution in [-0.4, -0.2) is 24.3 Å². The molecule has 2 unspecified atom stereocenters. The van der Waals surface area contributed by atoms with Crippen molar-refractivity contribution in [3.05, 3.63) is 59.7 Å². The number of rotatable bonds is 4. The molecule has 1 fully saturated rings. The van der Waals surface area contributed by atoms with Gasteiger partial charge >= 0.3 is 12.3 Å². The van der Waals surface area contributed by atoms with Crippen molar-refractivity contribution in [3.63, 3.8) is 0 Å². The third-order valence-electron chi connectivity index (χ3n) is 4.59. The van der Waals surface area contributed by atoms with Crippen molar-refractivity contribution < 1.29 is 27.4 Å². The Bertz CT molecular complexity index is 780. The van der Waals surface area contributed by atoms with E-state index in [2.05, 4.69) is 5.32 Å². The molecule has 1 heterocycles. The topological polar surface area (TPSA) is 47.6 Å². The van der Waals surface area contributed by atoms with Gasteiger partial charge in [-0.1, -0.05) is 36.4 Å². The zero-order chi connectivity index (χ0) is 19.6. The molecule has 0 radical (unpaired) electrons. The van der Waals surface area contributed by atoms with E-state index >= 15 is 0 Å². The predicted octanol–water partition coefficient (Wildman–Crippen LogP) is 4.77. The Morgan fingerprint density at radius 1 is 1.00 bits per heavy atom. The first-order valence-corrected chi connectivity index (χ1v) is 8.59. The molecule has 2 atom stereocenters. The highest BCUT2D eigenvalue weighted by atomic mass is 19.4. The molecular formula is C20H20F3NO3. The maximum atomic E-state index is 12.6. The predicted molar refractivity (Wildman–Crippen MR) is 94.0 cm³/mol. The van der Waals surface area contributed by atoms with Crippen molar-refractivity contribution in [1.82, 2.24) is 5.32 Å². The second-order valence-electron chi connectivity index (χ2n) is 6.56. The molecule has 0 bridgehead atoms. The molecule has 2 aromatic rings. The van der Waals surface area contributed by atoms with Crippen LogP contribution in [0.15, 0.2) is 48.5 Å². The van der Waals surface area contributed by atoms with E-state index in [1.54, 1.807) is 24.3 Å². The number of hydrogen-bond acceptors (Lipinski definition) is 3. The van der Waals surface area contributed by atoms with Crippen molar-refractivity contribution in [3.8, 4) is 11.1 Å². The fraction of sp³-hybridized carbons (Fsp3) is 0.350. The van der Waals surface area contributed by atoms with Gasteiger partial charge in [0.25, 0.3) is 0 Å². The Morgan fingerprint density at radius 2 is 1.52 bits per heavy atom. The molecule has 1 aliphatic heterocycles. The monoisotopic (exact) mass is 379 g/mol. The van der Waals surface area contributed by atoms with Crippen LogP contribution in [0.2, 0.25) is 0 Å². The molecule has 3 rings (SSSR count). The van der Waals surface area contributed by atoms with Gasteiger partial charge in [0.2, 0.25) is 0 Å². The molecule has 0 aliphatic carbocycles. The number of alkyl halides is 3. The van der Waals surface area contributed by atoms with Gasteiger partial charge in [-0.3, -0.25) is 0 Å². The number of halogens is 3. The Kier molecular flexibility index (Phi) is 5.41. The first kappa shape index (κ1) is 19.2. The second kappa shape index (κ2) is 7.60. The van der Waals surface area contributed by atoms with Gasteiger partial charge in [-0.2, -0.15) is 13.2 Å². The SMILES string of the molecule is CC1OC(C)C1NC(=O)OCc1ccc(-c2ccc(C(F)(F)F)cc2)cc1. The number of amides is 1. The quantitative estimate of drug-likeness (QED) is 0.832. The molecule has 0 saturated carbocycles. The smallest absolute Gasteiger partial charge is 0.416 e. The highest BCUT2D eigenvalue weighted by molar-refractivity contribution is 5.68. The Labute approximate surface area is 155 Å². The Morgan fingerprint density at radius 3 is 2.00 bits per heavy atom. The summed E-state index contributed by atoms with van der Waals surface area (Å²) in [5.74, 6) is 0. The third kappa shape index (κ3) is 4.60. The third-order valence-corrected chi connectivity index (χ3v) is 4.59. The zero-order valence-electron chi connectivity index (χ0n) is 14.9. The molecule has 2 aromatic carbocycles. The molecule has 1 saturated heterocycles. The molecule has 0 spiro atoms. The second-order valence-corrected chi connectivity index (χ2v) is 6.56. The summed E-state index contributed by atoms with van der Waals surface area (Å²) in [5, 5.41) is 2.76. The standard InChI is InChI=1S/C20H20F3NO3/c1-12-18(13(2)27-12)24-19(25)26-11-14-3-5-15(6-4-14)16-7-9-17(10-8-16)20(21,22)23/h3-10,12-13,18H,11H2,1-2H3,(H,24,25). The lowest BCUT2D eigenvalue weighted by Crippen LogP contribution is -2.60. The van der Waals surface area contributed by atoms with Crippen LogP contribution in [0.3, 0.4) is 0 Å². The zero-order valence-corrected chi connectivity index (χ0v) is 14.9. The number of benzene rings is 2. The lowest BCUT2D eigenvalue weighted by atomic mass is 10.0. The van der Waals surface area contributed by atoms with Crippen molar-refractivity contribution in [2.75, 3.05) is 0 Å². The average Bonchev–Trinajstić information content (AvgIpc) is 2.64. The summed E-state index contributed by atoms with van der Waals surface area (Å²) >= 11 is 0. The number of carbonyl (C=O) groups is 1. The fourth-order valence-corrected chi connectivity index (χ4v) is 3.01. The van der Waals surface area contributed by atoms with Crippen molar-refractivity contribution in [2.45, 2.75) is 44.9 Å². The minimum Gasteiger partial charge on any atom is -0.445 e. The molecule has 0 aromatic heterocycles. The average molecular weight is 379 g/mol. The molecule has 1 aliphatic rings. The number of ether oxygens (including phenoxy) is 2. The van der Waals surface area contributed by atoms with Gasteiger partial charge in [0.1, 0.15) is 6.61 Å². The van der Waals surface area contributed by atoms with Gasteiger partial charge in [0.15, 0.2) is 0 Å². The summed E-state index contributed by atoms with van der Waals surface area (Å²) in [6.45, 7) is 3.87. The number of carbonyl (C=O) groups excluding carboxylic acids is 1. The van der Waals surface area contributed by atoms with Crippen LogP contribution in [0.5, 0.6) is 0 Å². The molecule has 144 valence electrons. The summed E-state index contributed by atoms with van der Waals surface area (Å²) in [7, 11) is 0. The summed E-state index contributed by atoms with van der Waals surface area (Å²) in [6.07, 6.45) is -4.92. The molecule has 27 heavy (non-hydrogen) atoms. The van der Waals surface area contributed by atoms with Gasteiger partial charge in [0.05, 0.1) is 23.8 Å². The van der Waals surface area contributed by atoms with Crippen molar-refractivity contribution >= 4 is 6.09 Å². The van der Waals surface area contributed by atoms with Crippen molar-refractivity contribution in [1.29, 1.82) is 0 Å². The maximum absolute atomic E-state index is 12.6. The molecule has 1 N–H and O–H groups in total. The lowest BCUT2D eigenvalue weighted by molar-refractivity contribution is -0.137. The first-order valence-electron chi connectivity index (χ1n) is 8.59. The first-order chi connectivity index (χ1) is 12.7. The van der Waals surface area contributed by atoms with E-state index in [1.807, 2.05) is 13.8 Å². The van der Waals surface area contributed by atoms with E-state index in [1.165, 1.54) is 12.1 Å². The van der Waals surface area contributed by atoms with Gasteiger partial charge in [-0.15, -0.1) is 0 Å². The normalized spacial score (nSPS) is 22.0. The van der Waals surface area contributed by atoms with Crippen LogP contribution in [0, 0.1) is 0 Å². The lowest BCUT2D eigenvalue weighted by Gasteiger charge is -2.41. The summed E-state index contributed by atoms with van der Waals surface area (Å²) < 4.78 is 48.4. The van der Waals surface area contributed by atoms with E-state index in [9.17, 15) is 18.0 Å². The van der Waals surface area contributed by atoms with Crippen LogP contribution in [-0.2, 0) is 22.3 Å². The van der Waals surface area contributed by atoms with Crippen LogP contribution in [0.1, 0.15) is 25.0 Å². The Balaban J connectivity index is 1.55. The van der Waals surface area contributed by atoms with E-state index in [-0.39, 0.29) is 24.9 Å². The van der Waals surface area contributed by atoms with Gasteiger partial charge in [-0.05, 0) is 42.7 Å². The largest absolute Gasteiger partial charge is 0.445 e. The maximum Gasteiger partial charge on any atom is 0.416 e. The van der Waals surface area contributed by atoms with Crippen LogP contribution in [0.4, 0.5) is 18.0 Å². The van der Waals surface area contributed by atoms with Gasteiger partial charge in [0, 0.05) is 0 Å². The summed E-state index contributed by atoms with van der Waals surface area (Å²) in [6, 6.07) is 12.0. The van der Waals surface area contributed by atoms with Crippen LogP contribution < -0.4 is 5.32 Å². The summed E-state index contributed by atoms with van der Waals surface area (Å²) in [4.78, 5) is 11.8. The number of hydrogen-bond donors (Lipinski definition) is 1. The molecule has 7 heteroatoms. The van der Waals surface area contributed by atoms with E-state index in [4.69, 9.17) is 9.47 Å². The highest BCUT2D eigenvalue weighted by Gasteiger charge is 2.37. The van der Waals surface area contributed by atoms with E-state index in [0.29, 0.717) is 5.56 Å². The number of nitrogens with one attached hydrogen (secondary N) is 1. The van der Waals surface area contributed by atoms with Gasteiger partial charge in [-0.25, -0.2) is 4.79 Å². The molecule has 4 nitrogen and oxygen atoms in total. The fourth-order valence-electron chi connectivity index (χ4n) is 3.01. The van der Waals surface area contributed by atoms with Crippen LogP contribution in [0.25, 0.3) is 11.1 Å². The van der Waals surface area contributed by atoms with E-state index < -0.39 is 17.8 Å². The van der Waals surface area contributed by atoms with Crippen molar-refractivity contribution in [2.24, 2.45) is 0 Å².